The molecule has 2 aromatic rings. The van der Waals surface area contributed by atoms with Crippen molar-refractivity contribution in [2.75, 3.05) is 20.8 Å². The summed E-state index contributed by atoms with van der Waals surface area (Å²) in [6.45, 7) is 0.606. The van der Waals surface area contributed by atoms with E-state index in [1.165, 1.54) is 0 Å². The number of pyridine rings is 1. The molecule has 0 radical (unpaired) electrons. The highest BCUT2D eigenvalue weighted by Crippen LogP contribution is 2.24. The highest BCUT2D eigenvalue weighted by Gasteiger charge is 2.17. The molecule has 22 heavy (non-hydrogen) atoms. The molecule has 0 aliphatic heterocycles. The first-order valence-electron chi connectivity index (χ1n) is 6.80. The van der Waals surface area contributed by atoms with Crippen molar-refractivity contribution in [1.29, 1.82) is 0 Å². The Morgan fingerprint density at radius 2 is 1.77 bits per heavy atom. The van der Waals surface area contributed by atoms with E-state index in [2.05, 4.69) is 4.98 Å². The largest absolute Gasteiger partial charge is 0.497 e. The summed E-state index contributed by atoms with van der Waals surface area (Å²) in [4.78, 5) is 5.96. The summed E-state index contributed by atoms with van der Waals surface area (Å²) in [7, 11) is 3.56. The lowest BCUT2D eigenvalue weighted by Gasteiger charge is -2.27. The van der Waals surface area contributed by atoms with E-state index in [0.717, 1.165) is 16.9 Å². The second kappa shape index (κ2) is 7.79. The van der Waals surface area contributed by atoms with Gasteiger partial charge in [0.15, 0.2) is 0 Å². The molecule has 0 amide bonds. The molecule has 1 N–H and O–H groups in total. The maximum absolute atomic E-state index is 9.73. The van der Waals surface area contributed by atoms with Crippen LogP contribution in [0.2, 0.25) is 10.3 Å². The van der Waals surface area contributed by atoms with Gasteiger partial charge in [0.25, 0.3) is 0 Å². The van der Waals surface area contributed by atoms with Crippen LogP contribution >= 0.6 is 23.2 Å². The molecular formula is C16H18Cl2N2O2. The molecule has 4 nitrogen and oxygen atoms in total. The van der Waals surface area contributed by atoms with Crippen LogP contribution in [0.25, 0.3) is 0 Å². The van der Waals surface area contributed by atoms with Crippen LogP contribution in [0.3, 0.4) is 0 Å². The molecule has 1 atom stereocenters. The smallest absolute Gasteiger partial charge is 0.131 e. The van der Waals surface area contributed by atoms with E-state index in [9.17, 15) is 5.11 Å². The predicted molar refractivity (Wildman–Crippen MR) is 88.5 cm³/mol. The van der Waals surface area contributed by atoms with E-state index in [-0.39, 0.29) is 12.6 Å². The van der Waals surface area contributed by atoms with Crippen molar-refractivity contribution in [2.24, 2.45) is 0 Å². The van der Waals surface area contributed by atoms with Crippen LogP contribution in [-0.4, -0.2) is 35.8 Å². The molecular weight excluding hydrogens is 323 g/mol. The van der Waals surface area contributed by atoms with Crippen molar-refractivity contribution >= 4 is 23.2 Å². The zero-order valence-electron chi connectivity index (χ0n) is 12.5. The SMILES string of the molecule is COc1ccc(C(CO)N(C)Cc2cc(Cl)nc(Cl)c2)cc1. The van der Waals surface area contributed by atoms with Gasteiger partial charge in [0.2, 0.25) is 0 Å². The molecule has 2 rings (SSSR count). The molecule has 0 saturated carbocycles. The summed E-state index contributed by atoms with van der Waals surface area (Å²) >= 11 is 11.8. The molecule has 118 valence electrons. The van der Waals surface area contributed by atoms with E-state index in [1.807, 2.05) is 36.2 Å². The van der Waals surface area contributed by atoms with Crippen molar-refractivity contribution in [1.82, 2.24) is 9.88 Å². The van der Waals surface area contributed by atoms with Gasteiger partial charge in [-0.05, 0) is 42.4 Å². The summed E-state index contributed by atoms with van der Waals surface area (Å²) in [5.74, 6) is 0.788. The first-order valence-corrected chi connectivity index (χ1v) is 7.56. The topological polar surface area (TPSA) is 45.6 Å². The van der Waals surface area contributed by atoms with Gasteiger partial charge in [-0.25, -0.2) is 4.98 Å². The van der Waals surface area contributed by atoms with Crippen molar-refractivity contribution in [3.8, 4) is 5.75 Å². The first kappa shape index (κ1) is 17.0. The second-order valence-corrected chi connectivity index (χ2v) is 5.78. The Balaban J connectivity index is 2.15. The Morgan fingerprint density at radius 1 is 1.18 bits per heavy atom. The highest BCUT2D eigenvalue weighted by molar-refractivity contribution is 6.32. The van der Waals surface area contributed by atoms with Crippen molar-refractivity contribution in [3.05, 3.63) is 57.8 Å². The number of ether oxygens (including phenoxy) is 1. The summed E-state index contributed by atoms with van der Waals surface area (Å²) < 4.78 is 5.15. The summed E-state index contributed by atoms with van der Waals surface area (Å²) in [6.07, 6.45) is 0. The van der Waals surface area contributed by atoms with Gasteiger partial charge in [0.05, 0.1) is 19.8 Å². The number of benzene rings is 1. The van der Waals surface area contributed by atoms with Crippen LogP contribution in [-0.2, 0) is 6.54 Å². The molecule has 0 bridgehead atoms. The normalized spacial score (nSPS) is 12.5. The van der Waals surface area contributed by atoms with Crippen LogP contribution < -0.4 is 4.74 Å². The van der Waals surface area contributed by atoms with E-state index >= 15 is 0 Å². The highest BCUT2D eigenvalue weighted by atomic mass is 35.5. The standard InChI is InChI=1S/C16H18Cl2N2O2/c1-20(9-11-7-15(17)19-16(18)8-11)14(10-21)12-3-5-13(22-2)6-4-12/h3-8,14,21H,9-10H2,1-2H3. The molecule has 0 saturated heterocycles. The zero-order chi connectivity index (χ0) is 16.1. The number of hydrogen-bond donors (Lipinski definition) is 1. The monoisotopic (exact) mass is 340 g/mol. The molecule has 0 aliphatic carbocycles. The lowest BCUT2D eigenvalue weighted by atomic mass is 10.1. The number of hydrogen-bond acceptors (Lipinski definition) is 4. The number of methoxy groups -OCH3 is 1. The number of aromatic nitrogens is 1. The van der Waals surface area contributed by atoms with Gasteiger partial charge in [0, 0.05) is 6.54 Å². The third kappa shape index (κ3) is 4.34. The second-order valence-electron chi connectivity index (χ2n) is 5.01. The van der Waals surface area contributed by atoms with Crippen molar-refractivity contribution in [2.45, 2.75) is 12.6 Å². The zero-order valence-corrected chi connectivity index (χ0v) is 14.0. The summed E-state index contributed by atoms with van der Waals surface area (Å²) in [5, 5.41) is 10.5. The van der Waals surface area contributed by atoms with Gasteiger partial charge in [-0.15, -0.1) is 0 Å². The van der Waals surface area contributed by atoms with Crippen LogP contribution in [0.1, 0.15) is 17.2 Å². The average molecular weight is 341 g/mol. The molecule has 1 aromatic carbocycles. The Morgan fingerprint density at radius 3 is 2.27 bits per heavy atom. The molecule has 0 spiro atoms. The van der Waals surface area contributed by atoms with Gasteiger partial charge >= 0.3 is 0 Å². The molecule has 0 fully saturated rings. The van der Waals surface area contributed by atoms with E-state index in [1.54, 1.807) is 19.2 Å². The van der Waals surface area contributed by atoms with Gasteiger partial charge in [-0.1, -0.05) is 35.3 Å². The molecule has 1 unspecified atom stereocenters. The number of rotatable bonds is 6. The summed E-state index contributed by atoms with van der Waals surface area (Å²) in [6, 6.07) is 11.1. The van der Waals surface area contributed by atoms with Gasteiger partial charge in [-0.3, -0.25) is 4.90 Å². The minimum absolute atomic E-state index is 0.00930. The number of aliphatic hydroxyl groups excluding tert-OH is 1. The summed E-state index contributed by atoms with van der Waals surface area (Å²) in [5.41, 5.74) is 1.96. The Labute approximate surface area is 140 Å². The van der Waals surface area contributed by atoms with Crippen LogP contribution in [0.4, 0.5) is 0 Å². The number of nitrogens with zero attached hydrogens (tertiary/aromatic N) is 2. The fraction of sp³-hybridized carbons (Fsp3) is 0.312. The number of halogens is 2. The predicted octanol–water partition coefficient (Wildman–Crippen LogP) is 3.56. The van der Waals surface area contributed by atoms with Crippen LogP contribution in [0.5, 0.6) is 5.75 Å². The van der Waals surface area contributed by atoms with Gasteiger partial charge in [-0.2, -0.15) is 0 Å². The van der Waals surface area contributed by atoms with E-state index in [4.69, 9.17) is 27.9 Å². The van der Waals surface area contributed by atoms with E-state index < -0.39 is 0 Å². The number of likely N-dealkylation sites (N-methyl/N-ethyl adjacent to an activating group) is 1. The molecule has 1 heterocycles. The van der Waals surface area contributed by atoms with Gasteiger partial charge in [0.1, 0.15) is 16.1 Å². The maximum Gasteiger partial charge on any atom is 0.131 e. The minimum atomic E-state index is -0.128. The Kier molecular flexibility index (Phi) is 6.03. The average Bonchev–Trinajstić information content (AvgIpc) is 2.47. The van der Waals surface area contributed by atoms with E-state index in [0.29, 0.717) is 16.9 Å². The van der Waals surface area contributed by atoms with Crippen LogP contribution in [0, 0.1) is 0 Å². The molecule has 0 aliphatic rings. The Bertz CT molecular complexity index is 600. The van der Waals surface area contributed by atoms with Crippen molar-refractivity contribution in [3.63, 3.8) is 0 Å². The third-order valence-corrected chi connectivity index (χ3v) is 3.85. The maximum atomic E-state index is 9.73. The molecule has 6 heteroatoms. The molecule has 1 aromatic heterocycles. The third-order valence-electron chi connectivity index (χ3n) is 3.46. The van der Waals surface area contributed by atoms with Gasteiger partial charge < -0.3 is 9.84 Å². The fourth-order valence-corrected chi connectivity index (χ4v) is 2.83. The fourth-order valence-electron chi connectivity index (χ4n) is 2.33. The number of aliphatic hydroxyl groups is 1. The Hall–Kier alpha value is -1.33. The van der Waals surface area contributed by atoms with Crippen molar-refractivity contribution < 1.29 is 9.84 Å². The quantitative estimate of drug-likeness (QED) is 0.816. The van der Waals surface area contributed by atoms with Crippen LogP contribution in [0.15, 0.2) is 36.4 Å². The lowest BCUT2D eigenvalue weighted by molar-refractivity contribution is 0.142. The first-order chi connectivity index (χ1) is 10.5. The lowest BCUT2D eigenvalue weighted by Crippen LogP contribution is -2.27. The minimum Gasteiger partial charge on any atom is -0.497 e.